The third kappa shape index (κ3) is 7.69. The van der Waals surface area contributed by atoms with Crippen molar-refractivity contribution in [2.24, 2.45) is 0 Å². The van der Waals surface area contributed by atoms with E-state index in [2.05, 4.69) is 10.1 Å². The molecule has 0 saturated carbocycles. The van der Waals surface area contributed by atoms with Crippen molar-refractivity contribution in [3.63, 3.8) is 0 Å². The minimum Gasteiger partial charge on any atom is -0.859 e. The summed E-state index contributed by atoms with van der Waals surface area (Å²) >= 11 is 6.08. The Kier molecular flexibility index (Phi) is 9.07. The van der Waals surface area contributed by atoms with Gasteiger partial charge in [0.2, 0.25) is 0 Å². The van der Waals surface area contributed by atoms with Gasteiger partial charge in [0, 0.05) is 53.6 Å². The lowest BCUT2D eigenvalue weighted by molar-refractivity contribution is -0.303. The van der Waals surface area contributed by atoms with Crippen molar-refractivity contribution in [2.45, 2.75) is 32.5 Å². The first kappa shape index (κ1) is 29.7. The fourth-order valence-electron chi connectivity index (χ4n) is 4.48. The number of halogens is 4. The van der Waals surface area contributed by atoms with Crippen LogP contribution >= 0.6 is 11.6 Å². The number of nitrogens with zero attached hydrogens (tertiary/aromatic N) is 1. The number of ether oxygens (including phenoxy) is 3. The molecule has 0 bridgehead atoms. The van der Waals surface area contributed by atoms with Crippen molar-refractivity contribution in [2.75, 3.05) is 30.5 Å². The van der Waals surface area contributed by atoms with E-state index >= 15 is 0 Å². The van der Waals surface area contributed by atoms with Gasteiger partial charge in [0.05, 0.1) is 19.4 Å². The summed E-state index contributed by atoms with van der Waals surface area (Å²) in [6, 6.07) is 13.9. The zero-order chi connectivity index (χ0) is 29.7. The van der Waals surface area contributed by atoms with Gasteiger partial charge < -0.3 is 34.6 Å². The van der Waals surface area contributed by atoms with E-state index in [4.69, 9.17) is 26.2 Å². The molecule has 1 aliphatic heterocycles. The highest BCUT2D eigenvalue weighted by atomic mass is 35.5. The van der Waals surface area contributed by atoms with E-state index in [1.807, 2.05) is 0 Å². The second kappa shape index (κ2) is 12.5. The maximum atomic E-state index is 14.0. The van der Waals surface area contributed by atoms with Gasteiger partial charge in [-0.15, -0.1) is 13.2 Å². The number of benzene rings is 3. The van der Waals surface area contributed by atoms with Gasteiger partial charge in [-0.05, 0) is 60.5 Å². The topological polar surface area (TPSA) is 103 Å². The van der Waals surface area contributed by atoms with Gasteiger partial charge in [-0.2, -0.15) is 0 Å². The highest BCUT2D eigenvalue weighted by molar-refractivity contribution is 6.30. The molecule has 1 aliphatic rings. The van der Waals surface area contributed by atoms with Crippen LogP contribution in [-0.4, -0.2) is 37.7 Å². The average molecular weight is 592 g/mol. The molecular weight excluding hydrogens is 565 g/mol. The van der Waals surface area contributed by atoms with Crippen LogP contribution in [0.1, 0.15) is 29.5 Å². The molecule has 0 aromatic heterocycles. The maximum absolute atomic E-state index is 14.0. The van der Waals surface area contributed by atoms with E-state index in [9.17, 15) is 23.1 Å². The molecule has 1 heterocycles. The minimum atomic E-state index is -4.88. The van der Waals surface area contributed by atoms with Crippen molar-refractivity contribution in [1.82, 2.24) is 0 Å². The molecule has 3 aromatic carbocycles. The number of anilines is 2. The summed E-state index contributed by atoms with van der Waals surface area (Å²) in [7, 11) is 1.46. The van der Waals surface area contributed by atoms with Gasteiger partial charge in [0.1, 0.15) is 17.2 Å². The van der Waals surface area contributed by atoms with E-state index in [0.717, 1.165) is 5.56 Å². The summed E-state index contributed by atoms with van der Waals surface area (Å²) in [5.41, 5.74) is 2.71. The molecule has 0 radical (unpaired) electrons. The summed E-state index contributed by atoms with van der Waals surface area (Å²) < 4.78 is 54.1. The van der Waals surface area contributed by atoms with Crippen LogP contribution in [0.25, 0.3) is 5.70 Å². The van der Waals surface area contributed by atoms with Crippen LogP contribution in [0.5, 0.6) is 17.2 Å². The second-order valence-electron chi connectivity index (χ2n) is 9.24. The van der Waals surface area contributed by atoms with E-state index in [1.165, 1.54) is 24.1 Å². The van der Waals surface area contributed by atoms with Crippen molar-refractivity contribution in [1.29, 1.82) is 0 Å². The first-order valence-corrected chi connectivity index (χ1v) is 13.0. The van der Waals surface area contributed by atoms with Crippen LogP contribution in [0.3, 0.4) is 0 Å². The number of alkyl halides is 3. The highest BCUT2D eigenvalue weighted by Crippen LogP contribution is 2.39. The maximum Gasteiger partial charge on any atom is 0.573 e. The minimum absolute atomic E-state index is 0.0510. The standard InChI is InChI=1S/C29H28ClF3N2O6/c1-17-12-23(41-29(31,32)33)16-25-24(17)9-10-35(25)28(38)27(18-5-7-19(30)8-6-18)34-20-13-21(39-2)15-22(14-20)40-11-3-4-26(36)37/h5-8,12-16,34,38H,3-4,9-11H2,1-2H3,(H,36,37)/p-1. The molecule has 0 spiro atoms. The number of carboxylic acids is 1. The molecule has 0 atom stereocenters. The number of nitrogens with one attached hydrogen (secondary N) is 1. The van der Waals surface area contributed by atoms with Crippen molar-refractivity contribution >= 4 is 34.6 Å². The van der Waals surface area contributed by atoms with E-state index in [1.54, 1.807) is 49.4 Å². The molecule has 8 nitrogen and oxygen atoms in total. The molecule has 0 fully saturated rings. The molecule has 0 aliphatic carbocycles. The quantitative estimate of drug-likeness (QED) is 0.208. The second-order valence-corrected chi connectivity index (χ2v) is 9.68. The number of hydrogen-bond donors (Lipinski definition) is 2. The Bertz CT molecular complexity index is 1440. The van der Waals surface area contributed by atoms with E-state index in [0.29, 0.717) is 51.9 Å². The summed E-state index contributed by atoms with van der Waals surface area (Å²) in [5, 5.41) is 26.5. The molecular formula is C29H27ClF3N2O6-. The first-order chi connectivity index (χ1) is 19.4. The Morgan fingerprint density at radius 1 is 1.10 bits per heavy atom. The molecule has 4 rings (SSSR count). The number of methoxy groups -OCH3 is 1. The third-order valence-electron chi connectivity index (χ3n) is 6.31. The number of aliphatic carboxylic acids is 1. The summed E-state index contributed by atoms with van der Waals surface area (Å²) in [6.07, 6.45) is -4.18. The number of hydrogen-bond acceptors (Lipinski definition) is 7. The summed E-state index contributed by atoms with van der Waals surface area (Å²) in [6.45, 7) is 2.07. The lowest BCUT2D eigenvalue weighted by atomic mass is 10.1. The van der Waals surface area contributed by atoms with Gasteiger partial charge in [-0.1, -0.05) is 23.7 Å². The molecule has 41 heavy (non-hydrogen) atoms. The van der Waals surface area contributed by atoms with Gasteiger partial charge in [-0.25, -0.2) is 0 Å². The predicted molar refractivity (Wildman–Crippen MR) is 146 cm³/mol. The molecule has 3 aromatic rings. The average Bonchev–Trinajstić information content (AvgIpc) is 3.33. The van der Waals surface area contributed by atoms with Gasteiger partial charge in [0.15, 0.2) is 0 Å². The van der Waals surface area contributed by atoms with Crippen LogP contribution in [0.15, 0.2) is 60.5 Å². The van der Waals surface area contributed by atoms with Crippen LogP contribution in [0.4, 0.5) is 24.5 Å². The van der Waals surface area contributed by atoms with Crippen molar-refractivity contribution < 1.29 is 42.4 Å². The van der Waals surface area contributed by atoms with Gasteiger partial charge in [0.25, 0.3) is 0 Å². The predicted octanol–water partition coefficient (Wildman–Crippen LogP) is 5.96. The molecule has 2 N–H and O–H groups in total. The third-order valence-corrected chi connectivity index (χ3v) is 6.57. The monoisotopic (exact) mass is 591 g/mol. The van der Waals surface area contributed by atoms with Gasteiger partial charge in [-0.3, -0.25) is 4.79 Å². The fourth-order valence-corrected chi connectivity index (χ4v) is 4.61. The number of carboxylic acid groups (broad SMARTS) is 1. The number of aryl methyl sites for hydroxylation is 1. The van der Waals surface area contributed by atoms with Crippen LogP contribution in [0, 0.1) is 6.92 Å². The van der Waals surface area contributed by atoms with Crippen LogP contribution in [0.2, 0.25) is 5.02 Å². The Morgan fingerprint density at radius 2 is 1.80 bits per heavy atom. The van der Waals surface area contributed by atoms with Crippen molar-refractivity contribution in [3.8, 4) is 17.2 Å². The Balaban J connectivity index is 1.73. The first-order valence-electron chi connectivity index (χ1n) is 12.6. The normalized spacial score (nSPS) is 13.4. The SMILES string of the molecule is COc1cc(NC(=C([O-])N2CCc3c(C)cc(OC(F)(F)F)cc32)c2ccc(Cl)cc2)cc(OCCCC(=O)O)c1. The van der Waals surface area contributed by atoms with Gasteiger partial charge >= 0.3 is 12.3 Å². The Labute approximate surface area is 239 Å². The largest absolute Gasteiger partial charge is 0.859 e. The molecule has 0 unspecified atom stereocenters. The zero-order valence-corrected chi connectivity index (χ0v) is 22.9. The highest BCUT2D eigenvalue weighted by Gasteiger charge is 2.32. The van der Waals surface area contributed by atoms with Crippen LogP contribution < -0.4 is 29.5 Å². The summed E-state index contributed by atoms with van der Waals surface area (Å²) in [5.74, 6) is -1.02. The molecule has 0 amide bonds. The van der Waals surface area contributed by atoms with Crippen molar-refractivity contribution in [3.05, 3.63) is 82.2 Å². The number of carbonyl (C=O) groups is 1. The molecule has 0 saturated heterocycles. The Morgan fingerprint density at radius 3 is 2.46 bits per heavy atom. The number of rotatable bonds is 11. The van der Waals surface area contributed by atoms with E-state index < -0.39 is 24.0 Å². The molecule has 12 heteroatoms. The van der Waals surface area contributed by atoms with E-state index in [-0.39, 0.29) is 25.3 Å². The smallest absolute Gasteiger partial charge is 0.573 e. The lowest BCUT2D eigenvalue weighted by Gasteiger charge is -2.32. The Hall–Kier alpha value is -4.25. The summed E-state index contributed by atoms with van der Waals surface area (Å²) in [4.78, 5) is 12.2. The zero-order valence-electron chi connectivity index (χ0n) is 22.2. The fraction of sp³-hybridized carbons (Fsp3) is 0.276. The van der Waals surface area contributed by atoms with Crippen LogP contribution in [-0.2, 0) is 11.2 Å². The molecule has 218 valence electrons. The lowest BCUT2D eigenvalue weighted by Crippen LogP contribution is -2.31. The number of fused-ring (bicyclic) bond motifs is 1.